The second kappa shape index (κ2) is 6.57. The third kappa shape index (κ3) is 2.73. The van der Waals surface area contributed by atoms with E-state index < -0.39 is 0 Å². The first-order valence-electron chi connectivity index (χ1n) is 8.47. The van der Waals surface area contributed by atoms with E-state index >= 15 is 0 Å². The highest BCUT2D eigenvalue weighted by Gasteiger charge is 2.22. The van der Waals surface area contributed by atoms with Crippen LogP contribution >= 0.6 is 0 Å². The van der Waals surface area contributed by atoms with Gasteiger partial charge in [0.1, 0.15) is 12.6 Å². The van der Waals surface area contributed by atoms with Crippen LogP contribution in [0.2, 0.25) is 0 Å². The monoisotopic (exact) mass is 323 g/mol. The molecular weight excluding hydrogens is 302 g/mol. The summed E-state index contributed by atoms with van der Waals surface area (Å²) in [4.78, 5) is 13.4. The summed E-state index contributed by atoms with van der Waals surface area (Å²) in [7, 11) is 0. The number of imidazole rings is 1. The Hall–Kier alpha value is -2.47. The van der Waals surface area contributed by atoms with Crippen molar-refractivity contribution in [1.82, 2.24) is 19.5 Å². The van der Waals surface area contributed by atoms with Crippen molar-refractivity contribution >= 4 is 17.0 Å². The van der Waals surface area contributed by atoms with Gasteiger partial charge in [0.05, 0.1) is 12.4 Å². The number of fused-ring (bicyclic) bond motifs is 1. The Bertz CT molecular complexity index is 811. The number of nitrogens with one attached hydrogen (secondary N) is 1. The first kappa shape index (κ1) is 15.1. The number of rotatable bonds is 5. The maximum absolute atomic E-state index is 5.76. The number of ether oxygens (including phenoxy) is 1. The maximum Gasteiger partial charge on any atom is 0.167 e. The minimum absolute atomic E-state index is 0.0360. The van der Waals surface area contributed by atoms with E-state index in [9.17, 15) is 0 Å². The van der Waals surface area contributed by atoms with Crippen LogP contribution in [0.5, 0.6) is 0 Å². The van der Waals surface area contributed by atoms with Gasteiger partial charge in [-0.25, -0.2) is 15.0 Å². The third-order valence-electron chi connectivity index (χ3n) is 4.50. The van der Waals surface area contributed by atoms with Crippen molar-refractivity contribution in [3.05, 3.63) is 48.5 Å². The van der Waals surface area contributed by atoms with Gasteiger partial charge in [0.15, 0.2) is 17.0 Å². The molecule has 1 fully saturated rings. The van der Waals surface area contributed by atoms with Crippen LogP contribution in [0, 0.1) is 0 Å². The number of nitrogens with zero attached hydrogens (tertiary/aromatic N) is 4. The van der Waals surface area contributed by atoms with Gasteiger partial charge in [-0.15, -0.1) is 0 Å². The molecule has 2 atom stereocenters. The standard InChI is InChI=1S/C18H21N5O/c1-2-14(13-7-4-3-5-8-13)22-17-16-18(20-11-19-17)23(12-21-16)15-9-6-10-24-15/h3-5,7-8,11-12,14-15H,2,6,9-10H2,1H3,(H,19,20,22). The minimum Gasteiger partial charge on any atom is -0.361 e. The molecule has 2 aromatic heterocycles. The molecule has 4 rings (SSSR count). The number of anilines is 1. The molecule has 1 N–H and O–H groups in total. The van der Waals surface area contributed by atoms with E-state index in [0.717, 1.165) is 42.9 Å². The first-order valence-corrected chi connectivity index (χ1v) is 8.47. The van der Waals surface area contributed by atoms with Crippen molar-refractivity contribution in [1.29, 1.82) is 0 Å². The molecule has 1 aliphatic heterocycles. The largest absolute Gasteiger partial charge is 0.361 e. The van der Waals surface area contributed by atoms with Gasteiger partial charge in [0.2, 0.25) is 0 Å². The predicted octanol–water partition coefficient (Wildman–Crippen LogP) is 3.70. The van der Waals surface area contributed by atoms with Gasteiger partial charge >= 0.3 is 0 Å². The highest BCUT2D eigenvalue weighted by atomic mass is 16.5. The topological polar surface area (TPSA) is 64.9 Å². The van der Waals surface area contributed by atoms with Gasteiger partial charge in [-0.1, -0.05) is 37.3 Å². The van der Waals surface area contributed by atoms with E-state index in [1.54, 1.807) is 6.33 Å². The molecule has 24 heavy (non-hydrogen) atoms. The van der Waals surface area contributed by atoms with Crippen LogP contribution in [-0.4, -0.2) is 26.1 Å². The van der Waals surface area contributed by atoms with Crippen molar-refractivity contribution in [3.63, 3.8) is 0 Å². The summed E-state index contributed by atoms with van der Waals surface area (Å²) in [6, 6.07) is 10.6. The van der Waals surface area contributed by atoms with Gasteiger partial charge < -0.3 is 10.1 Å². The van der Waals surface area contributed by atoms with Crippen LogP contribution in [0.4, 0.5) is 5.82 Å². The minimum atomic E-state index is 0.0360. The summed E-state index contributed by atoms with van der Waals surface area (Å²) in [6.45, 7) is 2.96. The van der Waals surface area contributed by atoms with Crippen LogP contribution in [0.15, 0.2) is 43.0 Å². The second-order valence-electron chi connectivity index (χ2n) is 6.03. The zero-order chi connectivity index (χ0) is 16.4. The smallest absolute Gasteiger partial charge is 0.167 e. The Morgan fingerprint density at radius 2 is 2.12 bits per heavy atom. The molecule has 0 amide bonds. The van der Waals surface area contributed by atoms with Gasteiger partial charge in [-0.2, -0.15) is 0 Å². The Morgan fingerprint density at radius 1 is 1.25 bits per heavy atom. The first-order chi connectivity index (χ1) is 11.9. The SMILES string of the molecule is CCC(Nc1ncnc2c1ncn2C1CCCO1)c1ccccc1. The molecule has 0 radical (unpaired) electrons. The van der Waals surface area contributed by atoms with E-state index in [2.05, 4.69) is 51.5 Å². The molecule has 0 aliphatic carbocycles. The number of hydrogen-bond acceptors (Lipinski definition) is 5. The molecule has 1 saturated heterocycles. The van der Waals surface area contributed by atoms with Crippen LogP contribution < -0.4 is 5.32 Å². The molecule has 3 heterocycles. The Morgan fingerprint density at radius 3 is 2.88 bits per heavy atom. The maximum atomic E-state index is 5.76. The van der Waals surface area contributed by atoms with Crippen LogP contribution in [0.3, 0.4) is 0 Å². The lowest BCUT2D eigenvalue weighted by Gasteiger charge is -2.18. The second-order valence-corrected chi connectivity index (χ2v) is 6.03. The van der Waals surface area contributed by atoms with Crippen molar-refractivity contribution in [2.45, 2.75) is 38.5 Å². The quantitative estimate of drug-likeness (QED) is 0.775. The fourth-order valence-electron chi connectivity index (χ4n) is 3.22. The normalized spacial score (nSPS) is 18.8. The Kier molecular flexibility index (Phi) is 4.13. The summed E-state index contributed by atoms with van der Waals surface area (Å²) in [6.07, 6.45) is 6.47. The summed E-state index contributed by atoms with van der Waals surface area (Å²) in [5.41, 5.74) is 2.86. The molecule has 1 aromatic carbocycles. The average Bonchev–Trinajstić information content (AvgIpc) is 3.29. The summed E-state index contributed by atoms with van der Waals surface area (Å²) >= 11 is 0. The molecule has 124 valence electrons. The summed E-state index contributed by atoms with van der Waals surface area (Å²) < 4.78 is 7.77. The molecule has 0 spiro atoms. The predicted molar refractivity (Wildman–Crippen MR) is 92.6 cm³/mol. The van der Waals surface area contributed by atoms with Gasteiger partial charge in [0.25, 0.3) is 0 Å². The molecule has 0 saturated carbocycles. The molecule has 2 unspecified atom stereocenters. The van der Waals surface area contributed by atoms with Crippen LogP contribution in [0.25, 0.3) is 11.2 Å². The van der Waals surface area contributed by atoms with E-state index in [4.69, 9.17) is 4.74 Å². The number of hydrogen-bond donors (Lipinski definition) is 1. The van der Waals surface area contributed by atoms with E-state index in [1.165, 1.54) is 5.56 Å². The van der Waals surface area contributed by atoms with Crippen molar-refractivity contribution in [3.8, 4) is 0 Å². The highest BCUT2D eigenvalue weighted by molar-refractivity contribution is 5.82. The number of aromatic nitrogens is 4. The molecule has 1 aliphatic rings. The number of benzene rings is 1. The third-order valence-corrected chi connectivity index (χ3v) is 4.50. The fourth-order valence-corrected chi connectivity index (χ4v) is 3.22. The molecule has 0 bridgehead atoms. The molecule has 3 aromatic rings. The Labute approximate surface area is 140 Å². The lowest BCUT2D eigenvalue weighted by molar-refractivity contribution is 0.0593. The van der Waals surface area contributed by atoms with Crippen molar-refractivity contribution in [2.24, 2.45) is 0 Å². The zero-order valence-corrected chi connectivity index (χ0v) is 13.7. The molecule has 6 nitrogen and oxygen atoms in total. The van der Waals surface area contributed by atoms with Crippen molar-refractivity contribution in [2.75, 3.05) is 11.9 Å². The van der Waals surface area contributed by atoms with Gasteiger partial charge in [-0.3, -0.25) is 4.57 Å². The average molecular weight is 323 g/mol. The van der Waals surface area contributed by atoms with Gasteiger partial charge in [-0.05, 0) is 24.8 Å². The van der Waals surface area contributed by atoms with Crippen LogP contribution in [0.1, 0.15) is 44.0 Å². The Balaban J connectivity index is 1.67. The lowest BCUT2D eigenvalue weighted by atomic mass is 10.0. The van der Waals surface area contributed by atoms with E-state index in [1.807, 2.05) is 17.0 Å². The highest BCUT2D eigenvalue weighted by Crippen LogP contribution is 2.29. The summed E-state index contributed by atoms with van der Waals surface area (Å²) in [5, 5.41) is 3.52. The van der Waals surface area contributed by atoms with Crippen LogP contribution in [-0.2, 0) is 4.74 Å². The van der Waals surface area contributed by atoms with Crippen molar-refractivity contribution < 1.29 is 4.74 Å². The van der Waals surface area contributed by atoms with E-state index in [-0.39, 0.29) is 12.3 Å². The van der Waals surface area contributed by atoms with E-state index in [0.29, 0.717) is 0 Å². The molecular formula is C18H21N5O. The molecule has 6 heteroatoms. The summed E-state index contributed by atoms with van der Waals surface area (Å²) in [5.74, 6) is 0.771. The zero-order valence-electron chi connectivity index (χ0n) is 13.7. The fraction of sp³-hybridized carbons (Fsp3) is 0.389. The lowest BCUT2D eigenvalue weighted by Crippen LogP contribution is -2.12. The van der Waals surface area contributed by atoms with Gasteiger partial charge in [0, 0.05) is 6.61 Å².